The van der Waals surface area contributed by atoms with E-state index in [4.69, 9.17) is 30.0 Å². The maximum atomic E-state index is 6.17. The average molecular weight is 399 g/mol. The SMILES string of the molecule is COc1cc(OC)cc(-c2nnc(Cc3nc(-c4ccccc4Cl)no3)o2)c1. The van der Waals surface area contributed by atoms with Crippen molar-refractivity contribution >= 4 is 11.6 Å². The third-order valence-electron chi connectivity index (χ3n) is 3.95. The highest BCUT2D eigenvalue weighted by Gasteiger charge is 2.16. The molecule has 0 saturated heterocycles. The molecule has 0 amide bonds. The monoisotopic (exact) mass is 398 g/mol. The van der Waals surface area contributed by atoms with Gasteiger partial charge in [0.1, 0.15) is 17.9 Å². The molecule has 8 nitrogen and oxygen atoms in total. The molecule has 0 saturated carbocycles. The quantitative estimate of drug-likeness (QED) is 0.480. The van der Waals surface area contributed by atoms with Crippen LogP contribution in [0.2, 0.25) is 5.02 Å². The molecule has 0 spiro atoms. The zero-order valence-electron chi connectivity index (χ0n) is 15.0. The third-order valence-corrected chi connectivity index (χ3v) is 4.28. The lowest BCUT2D eigenvalue weighted by Crippen LogP contribution is -1.89. The van der Waals surface area contributed by atoms with Crippen LogP contribution in [0.15, 0.2) is 51.4 Å². The molecule has 0 N–H and O–H groups in total. The Kier molecular flexibility index (Phi) is 4.94. The Morgan fingerprint density at radius 3 is 2.43 bits per heavy atom. The summed E-state index contributed by atoms with van der Waals surface area (Å²) in [4.78, 5) is 4.34. The summed E-state index contributed by atoms with van der Waals surface area (Å²) in [6, 6.07) is 12.6. The molecule has 4 rings (SSSR count). The van der Waals surface area contributed by atoms with Gasteiger partial charge in [-0.1, -0.05) is 28.9 Å². The normalized spacial score (nSPS) is 10.8. The smallest absolute Gasteiger partial charge is 0.248 e. The number of methoxy groups -OCH3 is 2. The minimum atomic E-state index is 0.200. The van der Waals surface area contributed by atoms with Gasteiger partial charge in [-0.15, -0.1) is 10.2 Å². The van der Waals surface area contributed by atoms with Gasteiger partial charge in [0.25, 0.3) is 0 Å². The van der Waals surface area contributed by atoms with Crippen molar-refractivity contribution in [1.82, 2.24) is 20.3 Å². The fourth-order valence-electron chi connectivity index (χ4n) is 2.58. The Bertz CT molecular complexity index is 1090. The number of nitrogens with zero attached hydrogens (tertiary/aromatic N) is 4. The maximum absolute atomic E-state index is 6.17. The van der Waals surface area contributed by atoms with Crippen LogP contribution in [-0.2, 0) is 6.42 Å². The lowest BCUT2D eigenvalue weighted by molar-refractivity contribution is 0.373. The molecule has 0 atom stereocenters. The molecule has 28 heavy (non-hydrogen) atoms. The second kappa shape index (κ2) is 7.69. The van der Waals surface area contributed by atoms with E-state index in [2.05, 4.69) is 20.3 Å². The topological polar surface area (TPSA) is 96.3 Å². The Hall–Kier alpha value is -3.39. The molecule has 142 valence electrons. The van der Waals surface area contributed by atoms with Crippen LogP contribution < -0.4 is 9.47 Å². The number of ether oxygens (including phenoxy) is 2. The molecule has 0 aliphatic rings. The van der Waals surface area contributed by atoms with Gasteiger partial charge >= 0.3 is 0 Å². The first-order valence-corrected chi connectivity index (χ1v) is 8.67. The van der Waals surface area contributed by atoms with E-state index in [1.807, 2.05) is 18.2 Å². The van der Waals surface area contributed by atoms with E-state index in [1.54, 1.807) is 38.5 Å². The summed E-state index contributed by atoms with van der Waals surface area (Å²) in [5, 5.41) is 12.6. The van der Waals surface area contributed by atoms with Gasteiger partial charge in [-0.05, 0) is 24.3 Å². The molecular formula is C19H15ClN4O4. The summed E-state index contributed by atoms with van der Waals surface area (Å²) in [7, 11) is 3.15. The van der Waals surface area contributed by atoms with E-state index in [9.17, 15) is 0 Å². The zero-order valence-corrected chi connectivity index (χ0v) is 15.8. The van der Waals surface area contributed by atoms with Crippen molar-refractivity contribution in [2.75, 3.05) is 14.2 Å². The molecule has 0 aliphatic carbocycles. The van der Waals surface area contributed by atoms with Crippen LogP contribution in [-0.4, -0.2) is 34.6 Å². The molecule has 2 aromatic carbocycles. The predicted octanol–water partition coefficient (Wildman–Crippen LogP) is 4.05. The Morgan fingerprint density at radius 1 is 0.964 bits per heavy atom. The largest absolute Gasteiger partial charge is 0.497 e. The highest BCUT2D eigenvalue weighted by molar-refractivity contribution is 6.33. The van der Waals surface area contributed by atoms with E-state index < -0.39 is 0 Å². The summed E-state index contributed by atoms with van der Waals surface area (Å²) in [5.41, 5.74) is 1.37. The second-order valence-electron chi connectivity index (χ2n) is 5.77. The Labute approximate surface area is 165 Å². The van der Waals surface area contributed by atoms with E-state index in [1.165, 1.54) is 0 Å². The van der Waals surface area contributed by atoms with Crippen molar-refractivity contribution in [2.45, 2.75) is 6.42 Å². The van der Waals surface area contributed by atoms with Crippen LogP contribution in [0.3, 0.4) is 0 Å². The van der Waals surface area contributed by atoms with Crippen molar-refractivity contribution in [1.29, 1.82) is 0 Å². The van der Waals surface area contributed by atoms with E-state index in [0.717, 1.165) is 0 Å². The zero-order chi connectivity index (χ0) is 19.5. The van der Waals surface area contributed by atoms with Gasteiger partial charge in [0, 0.05) is 17.2 Å². The first kappa shape index (κ1) is 18.0. The number of halogens is 1. The summed E-state index contributed by atoms with van der Waals surface area (Å²) in [6.07, 6.45) is 0.200. The number of hydrogen-bond acceptors (Lipinski definition) is 8. The van der Waals surface area contributed by atoms with Gasteiger partial charge < -0.3 is 18.4 Å². The van der Waals surface area contributed by atoms with Crippen LogP contribution in [0.4, 0.5) is 0 Å². The predicted molar refractivity (Wildman–Crippen MR) is 100 cm³/mol. The number of rotatable bonds is 6. The average Bonchev–Trinajstić information content (AvgIpc) is 3.38. The van der Waals surface area contributed by atoms with Crippen LogP contribution in [0, 0.1) is 0 Å². The Morgan fingerprint density at radius 2 is 1.71 bits per heavy atom. The molecule has 4 aromatic rings. The van der Waals surface area contributed by atoms with E-state index >= 15 is 0 Å². The summed E-state index contributed by atoms with van der Waals surface area (Å²) in [6.45, 7) is 0. The molecule has 0 unspecified atom stereocenters. The summed E-state index contributed by atoms with van der Waals surface area (Å²) in [5.74, 6) is 2.65. The van der Waals surface area contributed by atoms with Gasteiger partial charge in [0.15, 0.2) is 0 Å². The number of benzene rings is 2. The highest BCUT2D eigenvalue weighted by atomic mass is 35.5. The van der Waals surface area contributed by atoms with Crippen molar-refractivity contribution < 1.29 is 18.4 Å². The van der Waals surface area contributed by atoms with Gasteiger partial charge in [0.2, 0.25) is 23.5 Å². The van der Waals surface area contributed by atoms with E-state index in [0.29, 0.717) is 51.1 Å². The lowest BCUT2D eigenvalue weighted by Gasteiger charge is -2.05. The van der Waals surface area contributed by atoms with Crippen LogP contribution in [0.5, 0.6) is 11.5 Å². The lowest BCUT2D eigenvalue weighted by atomic mass is 10.2. The summed E-state index contributed by atoms with van der Waals surface area (Å²) < 4.78 is 21.5. The van der Waals surface area contributed by atoms with Crippen molar-refractivity contribution in [3.63, 3.8) is 0 Å². The molecule has 0 aliphatic heterocycles. The van der Waals surface area contributed by atoms with Crippen molar-refractivity contribution in [3.8, 4) is 34.3 Å². The van der Waals surface area contributed by atoms with E-state index in [-0.39, 0.29) is 6.42 Å². The van der Waals surface area contributed by atoms with Crippen molar-refractivity contribution in [3.05, 3.63) is 59.3 Å². The van der Waals surface area contributed by atoms with Gasteiger partial charge in [-0.2, -0.15) is 4.98 Å². The fraction of sp³-hybridized carbons (Fsp3) is 0.158. The third kappa shape index (κ3) is 3.67. The molecule has 2 heterocycles. The van der Waals surface area contributed by atoms with Gasteiger partial charge in [-0.25, -0.2) is 0 Å². The molecule has 2 aromatic heterocycles. The number of hydrogen-bond donors (Lipinski definition) is 0. The van der Waals surface area contributed by atoms with Gasteiger partial charge in [0.05, 0.1) is 19.2 Å². The first-order valence-electron chi connectivity index (χ1n) is 8.29. The minimum absolute atomic E-state index is 0.200. The fourth-order valence-corrected chi connectivity index (χ4v) is 2.80. The molecule has 0 bridgehead atoms. The highest BCUT2D eigenvalue weighted by Crippen LogP contribution is 2.29. The molecule has 0 fully saturated rings. The standard InChI is InChI=1S/C19H15ClN4O4/c1-25-12-7-11(8-13(9-12)26-2)19-23-22-17(27-19)10-16-21-18(24-28-16)14-5-3-4-6-15(14)20/h3-9H,10H2,1-2H3. The Balaban J connectivity index is 1.56. The summed E-state index contributed by atoms with van der Waals surface area (Å²) >= 11 is 6.17. The van der Waals surface area contributed by atoms with Crippen LogP contribution in [0.25, 0.3) is 22.8 Å². The van der Waals surface area contributed by atoms with Crippen LogP contribution in [0.1, 0.15) is 11.8 Å². The second-order valence-corrected chi connectivity index (χ2v) is 6.18. The first-order chi connectivity index (χ1) is 13.7. The van der Waals surface area contributed by atoms with Crippen molar-refractivity contribution in [2.24, 2.45) is 0 Å². The van der Waals surface area contributed by atoms with Gasteiger partial charge in [-0.3, -0.25) is 0 Å². The van der Waals surface area contributed by atoms with Crippen LogP contribution >= 0.6 is 11.6 Å². The maximum Gasteiger partial charge on any atom is 0.248 e. The molecule has 0 radical (unpaired) electrons. The molecule has 9 heteroatoms. The number of aromatic nitrogens is 4. The molecular weight excluding hydrogens is 384 g/mol. The minimum Gasteiger partial charge on any atom is -0.497 e.